The van der Waals surface area contributed by atoms with Crippen LogP contribution in [0.25, 0.3) is 10.9 Å². The Kier molecular flexibility index (Phi) is 7.05. The van der Waals surface area contributed by atoms with Crippen LogP contribution in [0.5, 0.6) is 0 Å². The van der Waals surface area contributed by atoms with Crippen molar-refractivity contribution in [2.45, 2.75) is 25.7 Å². The van der Waals surface area contributed by atoms with Gasteiger partial charge in [0.2, 0.25) is 0 Å². The summed E-state index contributed by atoms with van der Waals surface area (Å²) in [5.74, 6) is -0.288. The Labute approximate surface area is 164 Å². The standard InChI is InChI=1S/C20H26N4O4/c1-15(27-3)28-24(17-6-7-19-16(11-17)12-21-14-22-19)20(25)5-4-9-23-10-8-18(23)13-26-2/h4-7,11-12,14-15,18H,8-10,13H2,1-3H3. The molecule has 0 radical (unpaired) electrons. The molecule has 2 atom stereocenters. The number of hydroxylamine groups is 1. The van der Waals surface area contributed by atoms with Crippen LogP contribution in [0.15, 0.2) is 42.9 Å². The van der Waals surface area contributed by atoms with Crippen molar-refractivity contribution in [3.63, 3.8) is 0 Å². The van der Waals surface area contributed by atoms with E-state index < -0.39 is 6.29 Å². The van der Waals surface area contributed by atoms with Gasteiger partial charge in [0.1, 0.15) is 6.33 Å². The summed E-state index contributed by atoms with van der Waals surface area (Å²) < 4.78 is 10.4. The van der Waals surface area contributed by atoms with E-state index in [9.17, 15) is 4.79 Å². The largest absolute Gasteiger partial charge is 0.383 e. The van der Waals surface area contributed by atoms with Crippen LogP contribution in [0.1, 0.15) is 13.3 Å². The van der Waals surface area contributed by atoms with Gasteiger partial charge in [0.15, 0.2) is 6.29 Å². The monoisotopic (exact) mass is 386 g/mol. The second-order valence-electron chi connectivity index (χ2n) is 6.60. The van der Waals surface area contributed by atoms with Crippen molar-refractivity contribution in [2.75, 3.05) is 39.0 Å². The molecule has 8 heteroatoms. The average molecular weight is 386 g/mol. The summed E-state index contributed by atoms with van der Waals surface area (Å²) in [5.41, 5.74) is 1.38. The second kappa shape index (κ2) is 9.70. The zero-order chi connectivity index (χ0) is 19.9. The summed E-state index contributed by atoms with van der Waals surface area (Å²) in [4.78, 5) is 29.0. The maximum atomic E-state index is 12.8. The van der Waals surface area contributed by atoms with Gasteiger partial charge in [-0.25, -0.2) is 14.8 Å². The maximum Gasteiger partial charge on any atom is 0.274 e. The number of likely N-dealkylation sites (tertiary alicyclic amines) is 1. The quantitative estimate of drug-likeness (QED) is 0.371. The molecule has 8 nitrogen and oxygen atoms in total. The Bertz CT molecular complexity index is 829. The normalized spacial score (nSPS) is 18.3. The molecule has 2 aromatic rings. The molecule has 2 unspecified atom stereocenters. The van der Waals surface area contributed by atoms with E-state index in [1.807, 2.05) is 18.2 Å². The number of aromatic nitrogens is 2. The lowest BCUT2D eigenvalue weighted by atomic mass is 10.0. The molecule has 1 aliphatic heterocycles. The number of methoxy groups -OCH3 is 2. The van der Waals surface area contributed by atoms with Crippen LogP contribution in [0.4, 0.5) is 5.69 Å². The summed E-state index contributed by atoms with van der Waals surface area (Å²) >= 11 is 0. The number of anilines is 1. The molecule has 1 aromatic carbocycles. The number of fused-ring (bicyclic) bond motifs is 1. The van der Waals surface area contributed by atoms with Gasteiger partial charge in [-0.2, -0.15) is 5.06 Å². The molecule has 0 saturated carbocycles. The Morgan fingerprint density at radius 1 is 1.43 bits per heavy atom. The molecule has 1 aromatic heterocycles. The first-order valence-corrected chi connectivity index (χ1v) is 9.25. The molecule has 3 rings (SSSR count). The van der Waals surface area contributed by atoms with Gasteiger partial charge in [0, 0.05) is 51.0 Å². The third kappa shape index (κ3) is 4.90. The third-order valence-corrected chi connectivity index (χ3v) is 4.73. The number of amides is 1. The highest BCUT2D eigenvalue weighted by Crippen LogP contribution is 2.22. The Hall–Kier alpha value is -2.39. The highest BCUT2D eigenvalue weighted by Gasteiger charge is 2.26. The summed E-state index contributed by atoms with van der Waals surface area (Å²) in [5, 5.41) is 2.05. The van der Waals surface area contributed by atoms with E-state index in [0.29, 0.717) is 24.9 Å². The van der Waals surface area contributed by atoms with E-state index in [1.165, 1.54) is 24.6 Å². The molecule has 28 heavy (non-hydrogen) atoms. The van der Waals surface area contributed by atoms with Crippen molar-refractivity contribution >= 4 is 22.5 Å². The van der Waals surface area contributed by atoms with Crippen LogP contribution in [0, 0.1) is 0 Å². The van der Waals surface area contributed by atoms with Crippen LogP contribution >= 0.6 is 0 Å². The zero-order valence-electron chi connectivity index (χ0n) is 16.4. The smallest absolute Gasteiger partial charge is 0.274 e. The minimum Gasteiger partial charge on any atom is -0.383 e. The molecular weight excluding hydrogens is 360 g/mol. The lowest BCUT2D eigenvalue weighted by Crippen LogP contribution is -2.50. The van der Waals surface area contributed by atoms with Crippen LogP contribution < -0.4 is 5.06 Å². The van der Waals surface area contributed by atoms with Crippen LogP contribution in [-0.2, 0) is 19.1 Å². The van der Waals surface area contributed by atoms with E-state index in [4.69, 9.17) is 14.3 Å². The van der Waals surface area contributed by atoms with Crippen molar-refractivity contribution in [1.29, 1.82) is 0 Å². The van der Waals surface area contributed by atoms with E-state index >= 15 is 0 Å². The van der Waals surface area contributed by atoms with Crippen LogP contribution in [0.3, 0.4) is 0 Å². The fraction of sp³-hybridized carbons (Fsp3) is 0.450. The number of carbonyl (C=O) groups excluding carboxylic acids is 1. The number of benzene rings is 1. The summed E-state index contributed by atoms with van der Waals surface area (Å²) in [6.45, 7) is 4.14. The molecule has 2 heterocycles. The number of carbonyl (C=O) groups is 1. The van der Waals surface area contributed by atoms with Gasteiger partial charge < -0.3 is 9.47 Å². The minimum atomic E-state index is -0.582. The van der Waals surface area contributed by atoms with Gasteiger partial charge in [0.25, 0.3) is 5.91 Å². The van der Waals surface area contributed by atoms with Gasteiger partial charge in [-0.15, -0.1) is 0 Å². The number of hydrogen-bond donors (Lipinski definition) is 0. The molecule has 1 fully saturated rings. The molecule has 150 valence electrons. The maximum absolute atomic E-state index is 12.8. The lowest BCUT2D eigenvalue weighted by molar-refractivity contribution is -0.145. The van der Waals surface area contributed by atoms with E-state index in [1.54, 1.807) is 26.3 Å². The van der Waals surface area contributed by atoms with Crippen molar-refractivity contribution in [2.24, 2.45) is 0 Å². The lowest BCUT2D eigenvalue weighted by Gasteiger charge is -2.39. The van der Waals surface area contributed by atoms with E-state index in [-0.39, 0.29) is 5.91 Å². The van der Waals surface area contributed by atoms with E-state index in [0.717, 1.165) is 23.9 Å². The van der Waals surface area contributed by atoms with Gasteiger partial charge in [-0.05, 0) is 31.5 Å². The van der Waals surface area contributed by atoms with Crippen molar-refractivity contribution in [3.8, 4) is 0 Å². The predicted octanol–water partition coefficient (Wildman–Crippen LogP) is 2.16. The fourth-order valence-electron chi connectivity index (χ4n) is 3.00. The SMILES string of the molecule is COCC1CCN1CC=CC(=O)N(OC(C)OC)c1ccc2ncncc2c1. The first-order valence-electron chi connectivity index (χ1n) is 9.25. The average Bonchev–Trinajstić information content (AvgIpc) is 2.71. The molecule has 0 bridgehead atoms. The van der Waals surface area contributed by atoms with Gasteiger partial charge in [0.05, 0.1) is 17.8 Å². The first kappa shape index (κ1) is 20.3. The molecule has 1 amide bonds. The molecule has 0 N–H and O–H groups in total. The van der Waals surface area contributed by atoms with Crippen molar-refractivity contribution in [3.05, 3.63) is 42.9 Å². The van der Waals surface area contributed by atoms with E-state index in [2.05, 4.69) is 14.9 Å². The van der Waals surface area contributed by atoms with Gasteiger partial charge >= 0.3 is 0 Å². The Morgan fingerprint density at radius 2 is 2.29 bits per heavy atom. The fourth-order valence-corrected chi connectivity index (χ4v) is 3.00. The molecule has 0 aliphatic carbocycles. The van der Waals surface area contributed by atoms with Gasteiger partial charge in [-0.3, -0.25) is 9.69 Å². The summed E-state index contributed by atoms with van der Waals surface area (Å²) in [6.07, 6.45) is 7.10. The highest BCUT2D eigenvalue weighted by atomic mass is 16.8. The number of rotatable bonds is 9. The molecule has 1 saturated heterocycles. The Balaban J connectivity index is 1.72. The highest BCUT2D eigenvalue weighted by molar-refractivity contribution is 6.01. The van der Waals surface area contributed by atoms with Crippen LogP contribution in [0.2, 0.25) is 0 Å². The number of ether oxygens (including phenoxy) is 2. The predicted molar refractivity (Wildman–Crippen MR) is 106 cm³/mol. The third-order valence-electron chi connectivity index (χ3n) is 4.73. The molecule has 1 aliphatic rings. The van der Waals surface area contributed by atoms with Crippen molar-refractivity contribution < 1.29 is 19.1 Å². The first-order chi connectivity index (χ1) is 13.6. The van der Waals surface area contributed by atoms with Crippen LogP contribution in [-0.4, -0.2) is 67.0 Å². The summed E-state index contributed by atoms with van der Waals surface area (Å²) in [6, 6.07) is 5.85. The second-order valence-corrected chi connectivity index (χ2v) is 6.60. The van der Waals surface area contributed by atoms with Crippen molar-refractivity contribution in [1.82, 2.24) is 14.9 Å². The number of hydrogen-bond acceptors (Lipinski definition) is 7. The Morgan fingerprint density at radius 3 is 3.00 bits per heavy atom. The number of nitrogens with zero attached hydrogens (tertiary/aromatic N) is 4. The topological polar surface area (TPSA) is 77.0 Å². The minimum absolute atomic E-state index is 0.288. The zero-order valence-corrected chi connectivity index (χ0v) is 16.4. The molecular formula is C20H26N4O4. The molecule has 0 spiro atoms. The summed E-state index contributed by atoms with van der Waals surface area (Å²) in [7, 11) is 3.23. The van der Waals surface area contributed by atoms with Gasteiger partial charge in [-0.1, -0.05) is 6.08 Å².